The Morgan fingerprint density at radius 1 is 1.34 bits per heavy atom. The number of halogens is 4. The zero-order chi connectivity index (χ0) is 22.2. The zero-order valence-corrected chi connectivity index (χ0v) is 16.3. The van der Waals surface area contributed by atoms with E-state index in [2.05, 4.69) is 5.32 Å². The van der Waals surface area contributed by atoms with E-state index < -0.39 is 34.6 Å². The van der Waals surface area contributed by atoms with Crippen molar-refractivity contribution in [3.8, 4) is 0 Å². The number of nitrogens with zero attached hydrogens (tertiary/aromatic N) is 2. The van der Waals surface area contributed by atoms with Crippen molar-refractivity contribution in [2.24, 2.45) is 11.8 Å². The molecule has 29 heavy (non-hydrogen) atoms. The number of nitrogens with two attached hydrogens (primary N) is 1. The van der Waals surface area contributed by atoms with Crippen LogP contribution < -0.4 is 11.2 Å². The summed E-state index contributed by atoms with van der Waals surface area (Å²) < 4.78 is 38.8. The van der Waals surface area contributed by atoms with Gasteiger partial charge >= 0.3 is 12.2 Å². The average Bonchev–Trinajstić information content (AvgIpc) is 2.66. The third-order valence-electron chi connectivity index (χ3n) is 4.01. The number of nitrogens with one attached hydrogen (secondary N) is 1. The van der Waals surface area contributed by atoms with Gasteiger partial charge in [0.1, 0.15) is 0 Å². The molecule has 0 aliphatic rings. The number of hydrogen-bond acceptors (Lipinski definition) is 5. The summed E-state index contributed by atoms with van der Waals surface area (Å²) in [6.45, 7) is 1.55. The molecule has 0 aromatic heterocycles. The largest absolute Gasteiger partial charge is 0.417 e. The number of unbranched alkanes of at least 4 members (excludes halogenated alkanes) is 2. The molecule has 1 atom stereocenters. The molecule has 4 amide bonds. The summed E-state index contributed by atoms with van der Waals surface area (Å²) in [6, 6.07) is 1.50. The van der Waals surface area contributed by atoms with Crippen LogP contribution in [0.4, 0.5) is 23.7 Å². The third-order valence-corrected chi connectivity index (χ3v) is 4.34. The van der Waals surface area contributed by atoms with Gasteiger partial charge < -0.3 is 5.32 Å². The maximum atomic E-state index is 12.9. The van der Waals surface area contributed by atoms with Crippen LogP contribution in [0.1, 0.15) is 38.2 Å². The van der Waals surface area contributed by atoms with Gasteiger partial charge in [0.05, 0.1) is 23.0 Å². The molecule has 1 aromatic rings. The second kappa shape index (κ2) is 11.0. The van der Waals surface area contributed by atoms with Crippen LogP contribution in [0, 0.1) is 5.92 Å². The lowest BCUT2D eigenvalue weighted by Gasteiger charge is -2.24. The fourth-order valence-electron chi connectivity index (χ4n) is 2.50. The maximum Gasteiger partial charge on any atom is 0.417 e. The minimum absolute atomic E-state index is 0.105. The molecule has 12 heteroatoms. The van der Waals surface area contributed by atoms with Crippen LogP contribution in [-0.4, -0.2) is 40.2 Å². The van der Waals surface area contributed by atoms with Gasteiger partial charge in [-0.2, -0.15) is 18.2 Å². The lowest BCUT2D eigenvalue weighted by Crippen LogP contribution is -2.49. The quantitative estimate of drug-likeness (QED) is 0.136. The Balaban J connectivity index is 2.91. The number of hydrogen-bond donors (Lipinski definition) is 3. The molecule has 0 saturated carbocycles. The maximum absolute atomic E-state index is 12.9. The smallest absolute Gasteiger partial charge is 0.306 e. The van der Waals surface area contributed by atoms with Crippen LogP contribution in [0.15, 0.2) is 18.2 Å². The van der Waals surface area contributed by atoms with Gasteiger partial charge in [0, 0.05) is 5.69 Å². The van der Waals surface area contributed by atoms with Crippen molar-refractivity contribution < 1.29 is 32.8 Å². The lowest BCUT2D eigenvalue weighted by molar-refractivity contribution is -0.156. The van der Waals surface area contributed by atoms with Crippen LogP contribution >= 0.6 is 11.6 Å². The van der Waals surface area contributed by atoms with Gasteiger partial charge in [0.2, 0.25) is 12.3 Å². The van der Waals surface area contributed by atoms with Gasteiger partial charge in [-0.25, -0.2) is 15.7 Å². The normalized spacial score (nSPS) is 12.2. The standard InChI is InChI=1S/C17H22ClF3N4O4/c1-2-3-4-5-11(9-24(29)10-26)15(27)25(22)16(28)23-12-6-7-14(18)13(8-12)17(19,20)21/h6-8,10-11,29H,2-5,9,22H2,1H3,(H,23,28)/t11-/m1/s1. The third kappa shape index (κ3) is 7.52. The second-order valence-corrected chi connectivity index (χ2v) is 6.66. The summed E-state index contributed by atoms with van der Waals surface area (Å²) in [7, 11) is 0. The lowest BCUT2D eigenvalue weighted by atomic mass is 10.00. The summed E-state index contributed by atoms with van der Waals surface area (Å²) >= 11 is 5.52. The Kier molecular flexibility index (Phi) is 9.34. The fourth-order valence-corrected chi connectivity index (χ4v) is 2.73. The predicted octanol–water partition coefficient (Wildman–Crippen LogP) is 3.64. The highest BCUT2D eigenvalue weighted by Gasteiger charge is 2.34. The highest BCUT2D eigenvalue weighted by molar-refractivity contribution is 6.31. The van der Waals surface area contributed by atoms with E-state index in [0.29, 0.717) is 12.5 Å². The van der Waals surface area contributed by atoms with Crippen molar-refractivity contribution in [2.45, 2.75) is 38.8 Å². The first kappa shape index (κ1) is 24.7. The Labute approximate surface area is 170 Å². The van der Waals surface area contributed by atoms with E-state index in [1.807, 2.05) is 6.92 Å². The molecule has 1 rings (SSSR count). The van der Waals surface area contributed by atoms with E-state index in [1.165, 1.54) is 0 Å². The van der Waals surface area contributed by atoms with Crippen molar-refractivity contribution in [2.75, 3.05) is 11.9 Å². The molecular weight excluding hydrogens is 417 g/mol. The second-order valence-electron chi connectivity index (χ2n) is 6.25. The van der Waals surface area contributed by atoms with Crippen molar-refractivity contribution in [1.29, 1.82) is 0 Å². The molecule has 0 heterocycles. The monoisotopic (exact) mass is 438 g/mol. The summed E-state index contributed by atoms with van der Waals surface area (Å²) in [5, 5.41) is 11.4. The van der Waals surface area contributed by atoms with E-state index in [4.69, 9.17) is 17.4 Å². The van der Waals surface area contributed by atoms with Crippen molar-refractivity contribution in [3.05, 3.63) is 28.8 Å². The Morgan fingerprint density at radius 3 is 2.55 bits per heavy atom. The highest BCUT2D eigenvalue weighted by Crippen LogP contribution is 2.36. The Morgan fingerprint density at radius 2 is 2.00 bits per heavy atom. The van der Waals surface area contributed by atoms with Crippen LogP contribution in [0.2, 0.25) is 5.02 Å². The van der Waals surface area contributed by atoms with E-state index >= 15 is 0 Å². The Bertz CT molecular complexity index is 733. The first-order valence-electron chi connectivity index (χ1n) is 8.68. The molecule has 0 fully saturated rings. The first-order chi connectivity index (χ1) is 13.5. The fraction of sp³-hybridized carbons (Fsp3) is 0.471. The van der Waals surface area contributed by atoms with Gasteiger partial charge in [-0.15, -0.1) is 0 Å². The number of imide groups is 1. The molecule has 0 aliphatic heterocycles. The molecule has 8 nitrogen and oxygen atoms in total. The van der Waals surface area contributed by atoms with E-state index in [-0.39, 0.29) is 35.1 Å². The number of amides is 4. The number of carbonyl (C=O) groups is 3. The van der Waals surface area contributed by atoms with Crippen molar-refractivity contribution in [3.63, 3.8) is 0 Å². The van der Waals surface area contributed by atoms with Gasteiger partial charge in [-0.1, -0.05) is 37.8 Å². The van der Waals surface area contributed by atoms with E-state index in [0.717, 1.165) is 25.0 Å². The molecule has 0 radical (unpaired) electrons. The number of alkyl halides is 3. The predicted molar refractivity (Wildman–Crippen MR) is 98.7 cm³/mol. The molecule has 4 N–H and O–H groups in total. The number of benzene rings is 1. The summed E-state index contributed by atoms with van der Waals surface area (Å²) in [5.41, 5.74) is -1.43. The van der Waals surface area contributed by atoms with Crippen molar-refractivity contribution >= 4 is 35.6 Å². The van der Waals surface area contributed by atoms with Gasteiger partial charge in [0.25, 0.3) is 0 Å². The number of rotatable bonds is 9. The minimum atomic E-state index is -4.74. The van der Waals surface area contributed by atoms with Gasteiger partial charge in [-0.3, -0.25) is 14.8 Å². The topological polar surface area (TPSA) is 116 Å². The number of anilines is 1. The summed E-state index contributed by atoms with van der Waals surface area (Å²) in [5.74, 6) is 3.65. The zero-order valence-electron chi connectivity index (χ0n) is 15.6. The molecule has 0 aliphatic carbocycles. The van der Waals surface area contributed by atoms with Crippen LogP contribution in [0.25, 0.3) is 0 Å². The molecule has 1 aromatic carbocycles. The Hall–Kier alpha value is -2.37. The summed E-state index contributed by atoms with van der Waals surface area (Å²) in [4.78, 5) is 35.3. The van der Waals surface area contributed by atoms with Crippen molar-refractivity contribution in [1.82, 2.24) is 10.1 Å². The molecule has 0 spiro atoms. The molecule has 162 valence electrons. The molecule has 0 unspecified atom stereocenters. The van der Waals surface area contributed by atoms with Crippen LogP contribution in [-0.2, 0) is 15.8 Å². The number of carbonyl (C=O) groups excluding carboxylic acids is 3. The summed E-state index contributed by atoms with van der Waals surface area (Å²) in [6.07, 6.45) is -2.17. The minimum Gasteiger partial charge on any atom is -0.306 e. The van der Waals surface area contributed by atoms with E-state index in [9.17, 15) is 32.8 Å². The molecule has 0 saturated heterocycles. The first-order valence-corrected chi connectivity index (χ1v) is 9.06. The SMILES string of the molecule is CCCCC[C@H](CN(O)C=O)C(=O)N(N)C(=O)Nc1ccc(Cl)c(C(F)(F)F)c1. The number of hydrazine groups is 1. The van der Waals surface area contributed by atoms with Gasteiger partial charge in [0.15, 0.2) is 0 Å². The van der Waals surface area contributed by atoms with Crippen LogP contribution in [0.3, 0.4) is 0 Å². The van der Waals surface area contributed by atoms with Gasteiger partial charge in [-0.05, 0) is 24.6 Å². The molecule has 0 bridgehead atoms. The highest BCUT2D eigenvalue weighted by atomic mass is 35.5. The molecular formula is C17H22ClF3N4O4. The van der Waals surface area contributed by atoms with Crippen LogP contribution in [0.5, 0.6) is 0 Å². The number of hydroxylamine groups is 2. The van der Waals surface area contributed by atoms with E-state index in [1.54, 1.807) is 0 Å². The average molecular weight is 439 g/mol. The number of urea groups is 1.